The highest BCUT2D eigenvalue weighted by molar-refractivity contribution is 7.91. The molecule has 3 heterocycles. The van der Waals surface area contributed by atoms with Crippen LogP contribution in [0.15, 0.2) is 12.5 Å². The Hall–Kier alpha value is -1.16. The van der Waals surface area contributed by atoms with Crippen molar-refractivity contribution in [1.82, 2.24) is 19.8 Å². The van der Waals surface area contributed by atoms with E-state index in [9.17, 15) is 13.2 Å². The van der Waals surface area contributed by atoms with Crippen LogP contribution in [0.2, 0.25) is 0 Å². The Morgan fingerprint density at radius 3 is 2.74 bits per heavy atom. The van der Waals surface area contributed by atoms with Crippen molar-refractivity contribution in [3.8, 4) is 0 Å². The van der Waals surface area contributed by atoms with Crippen LogP contribution >= 0.6 is 12.4 Å². The van der Waals surface area contributed by atoms with E-state index < -0.39 is 9.84 Å². The molecule has 0 unspecified atom stereocenters. The van der Waals surface area contributed by atoms with E-state index in [-0.39, 0.29) is 41.9 Å². The van der Waals surface area contributed by atoms with Gasteiger partial charge in [-0.1, -0.05) is 6.42 Å². The number of nitrogens with zero attached hydrogens (tertiary/aromatic N) is 3. The summed E-state index contributed by atoms with van der Waals surface area (Å²) in [5.41, 5.74) is 0.964. The summed E-state index contributed by atoms with van der Waals surface area (Å²) in [6.07, 6.45) is 6.58. The molecule has 8 nitrogen and oxygen atoms in total. The van der Waals surface area contributed by atoms with E-state index in [1.165, 1.54) is 0 Å². The number of imidazole rings is 1. The van der Waals surface area contributed by atoms with E-state index in [1.807, 2.05) is 4.90 Å². The zero-order valence-corrected chi connectivity index (χ0v) is 17.3. The van der Waals surface area contributed by atoms with Gasteiger partial charge in [0, 0.05) is 57.7 Å². The lowest BCUT2D eigenvalue weighted by Gasteiger charge is -2.43. The highest BCUT2D eigenvalue weighted by Crippen LogP contribution is 2.28. The number of carbonyl (C=O) groups excluding carboxylic acids is 1. The molecule has 1 N–H and O–H groups in total. The summed E-state index contributed by atoms with van der Waals surface area (Å²) in [4.78, 5) is 23.8. The Morgan fingerprint density at radius 2 is 2.04 bits per heavy atom. The lowest BCUT2D eigenvalue weighted by molar-refractivity contribution is -0.137. The van der Waals surface area contributed by atoms with E-state index >= 15 is 0 Å². The highest BCUT2D eigenvalue weighted by atomic mass is 35.5. The van der Waals surface area contributed by atoms with Crippen molar-refractivity contribution in [2.75, 3.05) is 38.3 Å². The van der Waals surface area contributed by atoms with Crippen LogP contribution in [0.4, 0.5) is 0 Å². The Kier molecular flexibility index (Phi) is 8.08. The molecule has 0 aliphatic carbocycles. The van der Waals surface area contributed by atoms with Crippen molar-refractivity contribution in [3.63, 3.8) is 0 Å². The van der Waals surface area contributed by atoms with E-state index in [1.54, 1.807) is 19.6 Å². The molecule has 2 aliphatic rings. The standard InChI is InChI=1S/C17H28N4O4S.ClH/c1-25-8-4-2-3-5-17(22)21-7-6-20(10-14-9-18-13-19-14)15-11-26(23,24)12-16(15)21;/h9,13,15-16H,2-8,10-12H2,1H3,(H,18,19);1H/t15-,16+;/m1./s1. The summed E-state index contributed by atoms with van der Waals surface area (Å²) in [7, 11) is -1.44. The lowest BCUT2D eigenvalue weighted by atomic mass is 10.0. The number of rotatable bonds is 8. The van der Waals surface area contributed by atoms with Crippen LogP contribution in [0.25, 0.3) is 0 Å². The number of nitrogens with one attached hydrogen (secondary N) is 1. The highest BCUT2D eigenvalue weighted by Gasteiger charge is 2.47. The number of methoxy groups -OCH3 is 1. The number of amides is 1. The van der Waals surface area contributed by atoms with Crippen molar-refractivity contribution in [2.45, 2.75) is 44.3 Å². The largest absolute Gasteiger partial charge is 0.385 e. The molecule has 2 fully saturated rings. The molecule has 2 atom stereocenters. The lowest BCUT2D eigenvalue weighted by Crippen LogP contribution is -2.60. The maximum atomic E-state index is 12.7. The molecule has 1 aromatic heterocycles. The van der Waals surface area contributed by atoms with Gasteiger partial charge in [-0.25, -0.2) is 13.4 Å². The van der Waals surface area contributed by atoms with Crippen LogP contribution in [-0.4, -0.2) is 84.5 Å². The number of hydrogen-bond acceptors (Lipinski definition) is 6. The van der Waals surface area contributed by atoms with Gasteiger partial charge < -0.3 is 14.6 Å². The van der Waals surface area contributed by atoms with Crippen molar-refractivity contribution in [1.29, 1.82) is 0 Å². The normalized spacial score (nSPS) is 24.4. The SMILES string of the molecule is COCCCCCC(=O)N1CCN(Cc2cnc[nH]2)[C@@H]2CS(=O)(=O)C[C@@H]21.Cl. The van der Waals surface area contributed by atoms with Gasteiger partial charge in [0.2, 0.25) is 5.91 Å². The van der Waals surface area contributed by atoms with Crippen LogP contribution in [-0.2, 0) is 25.9 Å². The molecular weight excluding hydrogens is 392 g/mol. The number of sulfone groups is 1. The Morgan fingerprint density at radius 1 is 1.26 bits per heavy atom. The van der Waals surface area contributed by atoms with E-state index in [4.69, 9.17) is 4.74 Å². The maximum absolute atomic E-state index is 12.7. The number of carbonyl (C=O) groups is 1. The third-order valence-corrected chi connectivity index (χ3v) is 6.98. The second-order valence-corrected chi connectivity index (χ2v) is 9.30. The zero-order chi connectivity index (χ0) is 18.6. The minimum absolute atomic E-state index is 0. The third-order valence-electron chi connectivity index (χ3n) is 5.28. The fraction of sp³-hybridized carbons (Fsp3) is 0.765. The summed E-state index contributed by atoms with van der Waals surface area (Å²) in [5.74, 6) is 0.284. The number of piperazine rings is 1. The van der Waals surface area contributed by atoms with Crippen LogP contribution < -0.4 is 0 Å². The fourth-order valence-corrected chi connectivity index (χ4v) is 5.98. The number of halogens is 1. The van der Waals surface area contributed by atoms with Gasteiger partial charge in [0.1, 0.15) is 0 Å². The average Bonchev–Trinajstić information content (AvgIpc) is 3.21. The summed E-state index contributed by atoms with van der Waals surface area (Å²) >= 11 is 0. The van der Waals surface area contributed by atoms with Gasteiger partial charge in [0.15, 0.2) is 9.84 Å². The first kappa shape index (κ1) is 22.1. The van der Waals surface area contributed by atoms with E-state index in [0.29, 0.717) is 32.7 Å². The fourth-order valence-electron chi connectivity index (χ4n) is 3.96. The minimum atomic E-state index is -3.12. The number of hydrogen-bond donors (Lipinski definition) is 1. The summed E-state index contributed by atoms with van der Waals surface area (Å²) in [5, 5.41) is 0. The molecule has 1 amide bonds. The number of ether oxygens (including phenoxy) is 1. The molecule has 154 valence electrons. The minimum Gasteiger partial charge on any atom is -0.385 e. The van der Waals surface area contributed by atoms with Crippen LogP contribution in [0.1, 0.15) is 31.4 Å². The van der Waals surface area contributed by atoms with Gasteiger partial charge in [0.05, 0.1) is 23.9 Å². The smallest absolute Gasteiger partial charge is 0.222 e. The second kappa shape index (κ2) is 9.86. The van der Waals surface area contributed by atoms with Crippen molar-refractivity contribution in [2.24, 2.45) is 0 Å². The molecule has 0 spiro atoms. The van der Waals surface area contributed by atoms with Gasteiger partial charge in [-0.15, -0.1) is 12.4 Å². The van der Waals surface area contributed by atoms with Crippen molar-refractivity contribution in [3.05, 3.63) is 18.2 Å². The van der Waals surface area contributed by atoms with Crippen molar-refractivity contribution < 1.29 is 17.9 Å². The topological polar surface area (TPSA) is 95.6 Å². The molecule has 2 aliphatic heterocycles. The first-order valence-corrected chi connectivity index (χ1v) is 11.0. The summed E-state index contributed by atoms with van der Waals surface area (Å²) < 4.78 is 29.5. The Labute approximate surface area is 167 Å². The van der Waals surface area contributed by atoms with Crippen LogP contribution in [0.3, 0.4) is 0 Å². The molecule has 0 saturated carbocycles. The van der Waals surface area contributed by atoms with Crippen LogP contribution in [0.5, 0.6) is 0 Å². The number of aromatic nitrogens is 2. The van der Waals surface area contributed by atoms with E-state index in [0.717, 1.165) is 25.0 Å². The molecule has 27 heavy (non-hydrogen) atoms. The molecule has 0 bridgehead atoms. The summed E-state index contributed by atoms with van der Waals surface area (Å²) in [6.45, 7) is 2.62. The molecule has 0 aromatic carbocycles. The van der Waals surface area contributed by atoms with E-state index in [2.05, 4.69) is 14.9 Å². The predicted octanol–water partition coefficient (Wildman–Crippen LogP) is 0.848. The average molecular weight is 421 g/mol. The van der Waals surface area contributed by atoms with Crippen molar-refractivity contribution >= 4 is 28.2 Å². The first-order chi connectivity index (χ1) is 12.5. The Balaban J connectivity index is 0.00000261. The molecule has 3 rings (SSSR count). The third kappa shape index (κ3) is 5.66. The quantitative estimate of drug-likeness (QED) is 0.626. The first-order valence-electron chi connectivity index (χ1n) is 9.20. The number of unbranched alkanes of at least 4 members (excludes halogenated alkanes) is 2. The molecule has 2 saturated heterocycles. The predicted molar refractivity (Wildman–Crippen MR) is 105 cm³/mol. The van der Waals surface area contributed by atoms with Gasteiger partial charge >= 0.3 is 0 Å². The van der Waals surface area contributed by atoms with Crippen LogP contribution in [0, 0.1) is 0 Å². The van der Waals surface area contributed by atoms with Gasteiger partial charge in [-0.2, -0.15) is 0 Å². The van der Waals surface area contributed by atoms with Gasteiger partial charge in [-0.05, 0) is 12.8 Å². The number of fused-ring (bicyclic) bond motifs is 1. The maximum Gasteiger partial charge on any atom is 0.222 e. The molecular formula is C17H29ClN4O4S. The second-order valence-electron chi connectivity index (χ2n) is 7.15. The zero-order valence-electron chi connectivity index (χ0n) is 15.7. The molecule has 1 aromatic rings. The summed E-state index contributed by atoms with van der Waals surface area (Å²) in [6, 6.07) is -0.363. The monoisotopic (exact) mass is 420 g/mol. The number of H-pyrrole nitrogens is 1. The van der Waals surface area contributed by atoms with Gasteiger partial charge in [-0.3, -0.25) is 9.69 Å². The molecule has 0 radical (unpaired) electrons. The number of aromatic amines is 1. The Bertz CT molecular complexity index is 698. The van der Waals surface area contributed by atoms with Gasteiger partial charge in [0.25, 0.3) is 0 Å². The molecule has 10 heteroatoms.